The molecule has 1 aromatic rings. The summed E-state index contributed by atoms with van der Waals surface area (Å²) in [6.45, 7) is -1.06. The number of hydrogen-bond acceptors (Lipinski definition) is 4. The van der Waals surface area contributed by atoms with E-state index >= 15 is 0 Å². The van der Waals surface area contributed by atoms with Crippen molar-refractivity contribution < 1.29 is 27.0 Å². The Hall–Kier alpha value is -1.25. The second-order valence-electron chi connectivity index (χ2n) is 3.33. The molecule has 0 heterocycles. The highest BCUT2D eigenvalue weighted by atomic mass is 32.2. The lowest BCUT2D eigenvalue weighted by Crippen LogP contribution is -2.28. The van der Waals surface area contributed by atoms with Gasteiger partial charge in [0.2, 0.25) is 10.0 Å². The fourth-order valence-corrected chi connectivity index (χ4v) is 2.29. The van der Waals surface area contributed by atoms with E-state index in [4.69, 9.17) is 0 Å². The Morgan fingerprint density at radius 2 is 2.00 bits per heavy atom. The molecule has 0 saturated heterocycles. The summed E-state index contributed by atoms with van der Waals surface area (Å²) in [6.07, 6.45) is -2.58. The minimum Gasteiger partial charge on any atom is -0.507 e. The van der Waals surface area contributed by atoms with Gasteiger partial charge in [0.05, 0.1) is 6.61 Å². The maximum Gasteiger partial charge on any atom is 0.261 e. The lowest BCUT2D eigenvalue weighted by Gasteiger charge is -2.08. The number of hydrogen-bond donors (Lipinski definition) is 2. The van der Waals surface area contributed by atoms with Crippen molar-refractivity contribution in [1.29, 1.82) is 0 Å². The number of alkyl halides is 2. The third-order valence-corrected chi connectivity index (χ3v) is 3.45. The molecule has 1 aromatic carbocycles. The van der Waals surface area contributed by atoms with Gasteiger partial charge in [0.25, 0.3) is 6.43 Å². The largest absolute Gasteiger partial charge is 0.507 e. The smallest absolute Gasteiger partial charge is 0.261 e. The second-order valence-corrected chi connectivity index (χ2v) is 5.07. The molecule has 0 unspecified atom stereocenters. The highest BCUT2D eigenvalue weighted by Gasteiger charge is 2.17. The van der Waals surface area contributed by atoms with Gasteiger partial charge in [-0.1, -0.05) is 12.1 Å². The van der Waals surface area contributed by atoms with E-state index in [0.717, 1.165) is 0 Å². The summed E-state index contributed by atoms with van der Waals surface area (Å²) in [5.74, 6) is -0.376. The third-order valence-electron chi connectivity index (χ3n) is 1.94. The van der Waals surface area contributed by atoms with Gasteiger partial charge in [0.15, 0.2) is 0 Å². The summed E-state index contributed by atoms with van der Waals surface area (Å²) in [4.78, 5) is -0.265. The fraction of sp³-hybridized carbons (Fsp3) is 0.400. The van der Waals surface area contributed by atoms with E-state index in [1.807, 2.05) is 0 Å². The first-order valence-corrected chi connectivity index (χ1v) is 6.55. The second kappa shape index (κ2) is 6.62. The summed E-state index contributed by atoms with van der Waals surface area (Å²) < 4.78 is 53.4. The average Bonchev–Trinajstić information content (AvgIpc) is 2.28. The van der Waals surface area contributed by atoms with Crippen LogP contribution in [0.2, 0.25) is 0 Å². The number of ether oxygens (including phenoxy) is 1. The van der Waals surface area contributed by atoms with Crippen LogP contribution in [0.3, 0.4) is 0 Å². The Bertz CT molecular complexity index is 479. The normalized spacial score (nSPS) is 11.9. The molecule has 8 heteroatoms. The molecule has 18 heavy (non-hydrogen) atoms. The van der Waals surface area contributed by atoms with Crippen molar-refractivity contribution in [3.8, 4) is 5.75 Å². The molecule has 2 N–H and O–H groups in total. The molecule has 0 spiro atoms. The molecule has 0 aromatic heterocycles. The average molecular weight is 281 g/mol. The van der Waals surface area contributed by atoms with Gasteiger partial charge in [-0.05, 0) is 12.1 Å². The van der Waals surface area contributed by atoms with Gasteiger partial charge < -0.3 is 9.84 Å². The van der Waals surface area contributed by atoms with Crippen LogP contribution in [-0.4, -0.2) is 39.7 Å². The van der Waals surface area contributed by atoms with E-state index in [9.17, 15) is 22.3 Å². The first kappa shape index (κ1) is 14.8. The molecular weight excluding hydrogens is 268 g/mol. The summed E-state index contributed by atoms with van der Waals surface area (Å²) in [5, 5.41) is 9.37. The molecule has 0 aliphatic heterocycles. The number of para-hydroxylation sites is 1. The van der Waals surface area contributed by atoms with Crippen molar-refractivity contribution in [2.75, 3.05) is 19.8 Å². The Morgan fingerprint density at radius 1 is 1.33 bits per heavy atom. The van der Waals surface area contributed by atoms with Crippen molar-refractivity contribution in [1.82, 2.24) is 4.72 Å². The molecular formula is C10H13F2NO4S. The minimum absolute atomic E-state index is 0.149. The van der Waals surface area contributed by atoms with Crippen molar-refractivity contribution in [2.45, 2.75) is 11.3 Å². The van der Waals surface area contributed by atoms with E-state index in [2.05, 4.69) is 9.46 Å². The van der Waals surface area contributed by atoms with E-state index in [1.54, 1.807) is 0 Å². The molecule has 0 atom stereocenters. The predicted molar refractivity (Wildman–Crippen MR) is 60.1 cm³/mol. The monoisotopic (exact) mass is 281 g/mol. The lowest BCUT2D eigenvalue weighted by atomic mass is 10.3. The number of phenols is 1. The molecule has 0 aliphatic carbocycles. The van der Waals surface area contributed by atoms with Crippen LogP contribution in [0, 0.1) is 0 Å². The number of sulfonamides is 1. The number of phenolic OH excluding ortho intramolecular Hbond substituents is 1. The predicted octanol–water partition coefficient (Wildman–Crippen LogP) is 0.952. The van der Waals surface area contributed by atoms with Crippen LogP contribution < -0.4 is 4.72 Å². The summed E-state index contributed by atoms with van der Waals surface area (Å²) in [7, 11) is -3.86. The van der Waals surface area contributed by atoms with Crippen LogP contribution in [0.1, 0.15) is 0 Å². The first-order chi connectivity index (χ1) is 8.43. The van der Waals surface area contributed by atoms with Gasteiger partial charge >= 0.3 is 0 Å². The van der Waals surface area contributed by atoms with Gasteiger partial charge in [-0.3, -0.25) is 0 Å². The lowest BCUT2D eigenvalue weighted by molar-refractivity contribution is 0.0199. The highest BCUT2D eigenvalue weighted by Crippen LogP contribution is 2.20. The number of halogens is 2. The SMILES string of the molecule is O=S(=O)(NCCOCC(F)F)c1ccccc1O. The van der Waals surface area contributed by atoms with Crippen LogP contribution in [0.5, 0.6) is 5.75 Å². The number of aromatic hydroxyl groups is 1. The summed E-state index contributed by atoms with van der Waals surface area (Å²) in [6, 6.07) is 5.42. The van der Waals surface area contributed by atoms with Crippen LogP contribution in [0.4, 0.5) is 8.78 Å². The third kappa shape index (κ3) is 4.55. The molecule has 0 radical (unpaired) electrons. The van der Waals surface area contributed by atoms with Crippen molar-refractivity contribution in [2.24, 2.45) is 0 Å². The number of nitrogens with one attached hydrogen (secondary N) is 1. The van der Waals surface area contributed by atoms with Gasteiger partial charge in [-0.15, -0.1) is 0 Å². The highest BCUT2D eigenvalue weighted by molar-refractivity contribution is 7.89. The molecule has 0 amide bonds. The summed E-state index contributed by atoms with van der Waals surface area (Å²) >= 11 is 0. The number of rotatable bonds is 7. The van der Waals surface area contributed by atoms with Gasteiger partial charge in [0, 0.05) is 6.54 Å². The van der Waals surface area contributed by atoms with Crippen LogP contribution in [0.15, 0.2) is 29.2 Å². The fourth-order valence-electron chi connectivity index (χ4n) is 1.18. The maximum absolute atomic E-state index is 11.7. The zero-order valence-corrected chi connectivity index (χ0v) is 10.2. The molecule has 5 nitrogen and oxygen atoms in total. The van der Waals surface area contributed by atoms with Gasteiger partial charge in [0.1, 0.15) is 17.3 Å². The summed E-state index contributed by atoms with van der Waals surface area (Å²) in [5.41, 5.74) is 0. The van der Waals surface area contributed by atoms with Crippen molar-refractivity contribution in [3.63, 3.8) is 0 Å². The Morgan fingerprint density at radius 3 is 2.61 bits per heavy atom. The minimum atomic E-state index is -3.86. The van der Waals surface area contributed by atoms with Crippen LogP contribution in [-0.2, 0) is 14.8 Å². The van der Waals surface area contributed by atoms with E-state index in [1.165, 1.54) is 24.3 Å². The topological polar surface area (TPSA) is 75.6 Å². The Labute approximate surface area is 103 Å². The van der Waals surface area contributed by atoms with Gasteiger partial charge in [-0.2, -0.15) is 0 Å². The van der Waals surface area contributed by atoms with E-state index in [-0.39, 0.29) is 23.8 Å². The Balaban J connectivity index is 2.49. The zero-order chi connectivity index (χ0) is 13.6. The quantitative estimate of drug-likeness (QED) is 0.730. The van der Waals surface area contributed by atoms with Crippen LogP contribution >= 0.6 is 0 Å². The van der Waals surface area contributed by atoms with E-state index < -0.39 is 23.1 Å². The van der Waals surface area contributed by atoms with Crippen molar-refractivity contribution in [3.05, 3.63) is 24.3 Å². The molecule has 0 saturated carbocycles. The molecule has 0 fully saturated rings. The standard InChI is InChI=1S/C10H13F2NO4S/c11-10(12)7-17-6-5-13-18(15,16)9-4-2-1-3-8(9)14/h1-4,10,13-14H,5-7H2. The molecule has 1 rings (SSSR count). The maximum atomic E-state index is 11.7. The Kier molecular flexibility index (Phi) is 5.45. The molecule has 102 valence electrons. The van der Waals surface area contributed by atoms with Gasteiger partial charge in [-0.25, -0.2) is 21.9 Å². The van der Waals surface area contributed by atoms with Crippen molar-refractivity contribution >= 4 is 10.0 Å². The van der Waals surface area contributed by atoms with E-state index in [0.29, 0.717) is 0 Å². The first-order valence-electron chi connectivity index (χ1n) is 5.07. The zero-order valence-electron chi connectivity index (χ0n) is 9.34. The molecule has 0 bridgehead atoms. The molecule has 0 aliphatic rings. The number of benzene rings is 1. The van der Waals surface area contributed by atoms with Crippen LogP contribution in [0.25, 0.3) is 0 Å².